The minimum Gasteiger partial charge on any atom is -0.340 e. The summed E-state index contributed by atoms with van der Waals surface area (Å²) in [6, 6.07) is 5.48. The molecular formula is C20H32ClN3O3S. The molecule has 1 saturated carbocycles. The van der Waals surface area contributed by atoms with Gasteiger partial charge in [0.15, 0.2) is 0 Å². The number of hydrogen-bond donors (Lipinski definition) is 1. The Morgan fingerprint density at radius 3 is 2.39 bits per heavy atom. The Morgan fingerprint density at radius 1 is 1.14 bits per heavy atom. The van der Waals surface area contributed by atoms with Crippen molar-refractivity contribution in [3.8, 4) is 0 Å². The van der Waals surface area contributed by atoms with Gasteiger partial charge in [-0.3, -0.25) is 4.79 Å². The van der Waals surface area contributed by atoms with E-state index in [9.17, 15) is 13.2 Å². The molecule has 2 unspecified atom stereocenters. The highest BCUT2D eigenvalue weighted by Crippen LogP contribution is 2.33. The molecule has 6 nitrogen and oxygen atoms in total. The average molecular weight is 430 g/mol. The van der Waals surface area contributed by atoms with Gasteiger partial charge in [-0.25, -0.2) is 8.42 Å². The molecule has 1 amide bonds. The Labute approximate surface area is 174 Å². The number of sulfonamides is 1. The second-order valence-electron chi connectivity index (χ2n) is 8.30. The number of rotatable bonds is 3. The number of nitrogens with zero attached hydrogens (tertiary/aromatic N) is 2. The number of aryl methyl sites for hydroxylation is 2. The average Bonchev–Trinajstić information content (AvgIpc) is 2.63. The second-order valence-corrected chi connectivity index (χ2v) is 10.2. The Hall–Kier alpha value is -1.15. The van der Waals surface area contributed by atoms with Gasteiger partial charge in [-0.1, -0.05) is 25.0 Å². The van der Waals surface area contributed by atoms with E-state index in [1.807, 2.05) is 32.9 Å². The largest absolute Gasteiger partial charge is 0.340 e. The number of piperazine rings is 1. The van der Waals surface area contributed by atoms with Crippen LogP contribution in [0.5, 0.6) is 0 Å². The molecule has 1 aromatic carbocycles. The minimum absolute atomic E-state index is 0. The number of benzene rings is 1. The summed E-state index contributed by atoms with van der Waals surface area (Å²) in [6.07, 6.45) is 3.79. The van der Waals surface area contributed by atoms with Crippen molar-refractivity contribution in [3.05, 3.63) is 29.3 Å². The Morgan fingerprint density at radius 2 is 1.79 bits per heavy atom. The van der Waals surface area contributed by atoms with Gasteiger partial charge >= 0.3 is 0 Å². The Balaban J connectivity index is 0.00000280. The highest BCUT2D eigenvalue weighted by Gasteiger charge is 2.41. The normalized spacial score (nSPS) is 26.6. The fraction of sp³-hybridized carbons (Fsp3) is 0.650. The van der Waals surface area contributed by atoms with Gasteiger partial charge in [0, 0.05) is 31.7 Å². The molecule has 0 spiro atoms. The van der Waals surface area contributed by atoms with Gasteiger partial charge in [0.25, 0.3) is 0 Å². The molecule has 1 aliphatic carbocycles. The summed E-state index contributed by atoms with van der Waals surface area (Å²) >= 11 is 0. The smallest absolute Gasteiger partial charge is 0.243 e. The summed E-state index contributed by atoms with van der Waals surface area (Å²) in [6.45, 7) is 7.19. The van der Waals surface area contributed by atoms with Gasteiger partial charge in [-0.15, -0.1) is 12.4 Å². The van der Waals surface area contributed by atoms with E-state index in [2.05, 4.69) is 0 Å². The van der Waals surface area contributed by atoms with Gasteiger partial charge in [-0.05, 0) is 50.8 Å². The quantitative estimate of drug-likeness (QED) is 0.799. The summed E-state index contributed by atoms with van der Waals surface area (Å²) in [4.78, 5) is 15.1. The van der Waals surface area contributed by atoms with Crippen LogP contribution in [-0.2, 0) is 14.8 Å². The zero-order chi connectivity index (χ0) is 19.8. The van der Waals surface area contributed by atoms with Crippen LogP contribution >= 0.6 is 12.4 Å². The fourth-order valence-electron chi connectivity index (χ4n) is 4.26. The van der Waals surface area contributed by atoms with Gasteiger partial charge in [0.05, 0.1) is 10.8 Å². The SMILES string of the molecule is Cc1ccc(C)c(S(=O)(=O)N2CCN(C(=O)C3CCCCC3(C)N)CC2)c1.Cl. The number of carbonyl (C=O) groups is 1. The maximum atomic E-state index is 13.0. The van der Waals surface area contributed by atoms with Gasteiger partial charge < -0.3 is 10.6 Å². The summed E-state index contributed by atoms with van der Waals surface area (Å²) in [5.74, 6) is -0.0723. The number of hydrogen-bond acceptors (Lipinski definition) is 4. The van der Waals surface area contributed by atoms with Crippen molar-refractivity contribution in [2.45, 2.75) is 56.9 Å². The number of carbonyl (C=O) groups excluding carboxylic acids is 1. The van der Waals surface area contributed by atoms with Crippen LogP contribution < -0.4 is 5.73 Å². The fourth-order valence-corrected chi connectivity index (χ4v) is 5.99. The van der Waals surface area contributed by atoms with Crippen LogP contribution in [0.25, 0.3) is 0 Å². The number of halogens is 1. The van der Waals surface area contributed by atoms with Crippen LogP contribution in [0.15, 0.2) is 23.1 Å². The lowest BCUT2D eigenvalue weighted by molar-refractivity contribution is -0.140. The maximum absolute atomic E-state index is 13.0. The van der Waals surface area contributed by atoms with E-state index in [0.717, 1.165) is 36.8 Å². The monoisotopic (exact) mass is 429 g/mol. The third-order valence-electron chi connectivity index (χ3n) is 6.06. The van der Waals surface area contributed by atoms with Crippen molar-refractivity contribution < 1.29 is 13.2 Å². The van der Waals surface area contributed by atoms with Crippen LogP contribution in [-0.4, -0.2) is 55.2 Å². The highest BCUT2D eigenvalue weighted by atomic mass is 35.5. The van der Waals surface area contributed by atoms with E-state index in [1.165, 1.54) is 4.31 Å². The first kappa shape index (κ1) is 23.1. The number of nitrogens with two attached hydrogens (primary N) is 1. The molecule has 28 heavy (non-hydrogen) atoms. The second kappa shape index (κ2) is 8.69. The van der Waals surface area contributed by atoms with Crippen LogP contribution in [0.4, 0.5) is 0 Å². The van der Waals surface area contributed by atoms with Crippen molar-refractivity contribution in [2.24, 2.45) is 11.7 Å². The molecule has 3 rings (SSSR count). The van der Waals surface area contributed by atoms with Gasteiger partial charge in [-0.2, -0.15) is 4.31 Å². The van der Waals surface area contributed by atoms with Gasteiger partial charge in [0.2, 0.25) is 15.9 Å². The molecule has 0 bridgehead atoms. The predicted molar refractivity (Wildman–Crippen MR) is 113 cm³/mol. The topological polar surface area (TPSA) is 83.7 Å². The molecule has 1 saturated heterocycles. The lowest BCUT2D eigenvalue weighted by Gasteiger charge is -2.42. The Kier molecular flexibility index (Phi) is 7.18. The molecule has 1 aromatic rings. The van der Waals surface area contributed by atoms with E-state index in [0.29, 0.717) is 31.1 Å². The summed E-state index contributed by atoms with van der Waals surface area (Å²) in [7, 11) is -3.54. The summed E-state index contributed by atoms with van der Waals surface area (Å²) in [5, 5.41) is 0. The standard InChI is InChI=1S/C20H31N3O3S.ClH/c1-15-7-8-16(2)18(14-15)27(25,26)23-12-10-22(11-13-23)19(24)17-6-4-5-9-20(17,3)21;/h7-8,14,17H,4-6,9-13,21H2,1-3H3;1H. The molecule has 1 aliphatic heterocycles. The third kappa shape index (κ3) is 4.53. The van der Waals surface area contributed by atoms with Crippen molar-refractivity contribution in [1.29, 1.82) is 0 Å². The van der Waals surface area contributed by atoms with E-state index in [-0.39, 0.29) is 24.2 Å². The number of amides is 1. The van der Waals surface area contributed by atoms with E-state index < -0.39 is 15.6 Å². The van der Waals surface area contributed by atoms with Crippen molar-refractivity contribution in [1.82, 2.24) is 9.21 Å². The molecule has 2 fully saturated rings. The molecule has 0 aromatic heterocycles. The van der Waals surface area contributed by atoms with Crippen LogP contribution in [0.1, 0.15) is 43.7 Å². The molecule has 0 radical (unpaired) electrons. The maximum Gasteiger partial charge on any atom is 0.243 e. The van der Waals surface area contributed by atoms with Crippen molar-refractivity contribution >= 4 is 28.3 Å². The minimum atomic E-state index is -3.54. The molecule has 2 atom stereocenters. The summed E-state index contributed by atoms with van der Waals surface area (Å²) < 4.78 is 27.6. The highest BCUT2D eigenvalue weighted by molar-refractivity contribution is 7.89. The Bertz CT molecular complexity index is 818. The van der Waals surface area contributed by atoms with Crippen LogP contribution in [0, 0.1) is 19.8 Å². The molecular weight excluding hydrogens is 398 g/mol. The first-order valence-electron chi connectivity index (χ1n) is 9.78. The lowest BCUT2D eigenvalue weighted by atomic mass is 9.74. The van der Waals surface area contributed by atoms with Crippen molar-refractivity contribution in [2.75, 3.05) is 26.2 Å². The van der Waals surface area contributed by atoms with Crippen LogP contribution in [0.3, 0.4) is 0 Å². The molecule has 2 N–H and O–H groups in total. The zero-order valence-electron chi connectivity index (χ0n) is 17.0. The van der Waals surface area contributed by atoms with E-state index in [4.69, 9.17) is 5.73 Å². The molecule has 8 heteroatoms. The van der Waals surface area contributed by atoms with Gasteiger partial charge in [0.1, 0.15) is 0 Å². The first-order chi connectivity index (χ1) is 12.6. The van der Waals surface area contributed by atoms with Crippen LogP contribution in [0.2, 0.25) is 0 Å². The van der Waals surface area contributed by atoms with E-state index >= 15 is 0 Å². The predicted octanol–water partition coefficient (Wildman–Crippen LogP) is 2.47. The zero-order valence-corrected chi connectivity index (χ0v) is 18.6. The summed E-state index contributed by atoms with van der Waals surface area (Å²) in [5.41, 5.74) is 7.59. The molecule has 1 heterocycles. The van der Waals surface area contributed by atoms with E-state index in [1.54, 1.807) is 11.0 Å². The molecule has 158 valence electrons. The third-order valence-corrected chi connectivity index (χ3v) is 8.10. The first-order valence-corrected chi connectivity index (χ1v) is 11.2. The molecule has 2 aliphatic rings. The lowest BCUT2D eigenvalue weighted by Crippen LogP contribution is -2.57. The van der Waals surface area contributed by atoms with Crippen molar-refractivity contribution in [3.63, 3.8) is 0 Å².